The Kier molecular flexibility index (Phi) is 4.62. The number of methoxy groups -OCH3 is 1. The molecule has 0 bridgehead atoms. The molecule has 1 N–H and O–H groups in total. The third-order valence-corrected chi connectivity index (χ3v) is 4.54. The molecule has 0 aliphatic carbocycles. The summed E-state index contributed by atoms with van der Waals surface area (Å²) in [7, 11) is 1.47. The lowest BCUT2D eigenvalue weighted by Crippen LogP contribution is -2.42. The Morgan fingerprint density at radius 2 is 2.17 bits per heavy atom. The number of carbonyl (C=O) groups excluding carboxylic acids is 1. The van der Waals surface area contributed by atoms with Gasteiger partial charge in [-0.05, 0) is 58.0 Å². The van der Waals surface area contributed by atoms with Crippen molar-refractivity contribution in [3.05, 3.63) is 0 Å². The van der Waals surface area contributed by atoms with Crippen molar-refractivity contribution in [2.75, 3.05) is 26.7 Å². The second-order valence-corrected chi connectivity index (χ2v) is 5.97. The van der Waals surface area contributed by atoms with E-state index in [-0.39, 0.29) is 12.0 Å². The summed E-state index contributed by atoms with van der Waals surface area (Å²) in [6.07, 6.45) is 3.55. The summed E-state index contributed by atoms with van der Waals surface area (Å²) in [4.78, 5) is 14.1. The number of nitrogens with zero attached hydrogens (tertiary/aromatic N) is 1. The maximum absolute atomic E-state index is 11.5. The zero-order valence-corrected chi connectivity index (χ0v) is 11.8. The van der Waals surface area contributed by atoms with Gasteiger partial charge in [0.25, 0.3) is 0 Å². The van der Waals surface area contributed by atoms with Crippen LogP contribution in [-0.2, 0) is 9.53 Å². The highest BCUT2D eigenvalue weighted by molar-refractivity contribution is 5.76. The Balaban J connectivity index is 1.87. The highest BCUT2D eigenvalue weighted by Gasteiger charge is 2.36. The quantitative estimate of drug-likeness (QED) is 0.770. The molecule has 2 saturated heterocycles. The van der Waals surface area contributed by atoms with Crippen LogP contribution in [0.25, 0.3) is 0 Å². The molecule has 0 spiro atoms. The molecule has 4 nitrogen and oxygen atoms in total. The predicted molar refractivity (Wildman–Crippen MR) is 71.3 cm³/mol. The largest absolute Gasteiger partial charge is 0.468 e. The number of hydrogen-bond donors (Lipinski definition) is 1. The Labute approximate surface area is 110 Å². The second kappa shape index (κ2) is 6.02. The van der Waals surface area contributed by atoms with Crippen molar-refractivity contribution in [3.63, 3.8) is 0 Å². The molecule has 0 aromatic carbocycles. The minimum absolute atomic E-state index is 0.0746. The maximum Gasteiger partial charge on any atom is 0.322 e. The molecule has 0 aromatic heterocycles. The number of piperidine rings is 1. The summed E-state index contributed by atoms with van der Waals surface area (Å²) in [5.74, 6) is 1.27. The highest BCUT2D eigenvalue weighted by atomic mass is 16.5. The minimum Gasteiger partial charge on any atom is -0.468 e. The highest BCUT2D eigenvalue weighted by Crippen LogP contribution is 2.30. The molecule has 3 atom stereocenters. The van der Waals surface area contributed by atoms with E-state index in [1.807, 2.05) is 0 Å². The lowest BCUT2D eigenvalue weighted by Gasteiger charge is -2.37. The molecule has 0 amide bonds. The van der Waals surface area contributed by atoms with E-state index < -0.39 is 0 Å². The van der Waals surface area contributed by atoms with Gasteiger partial charge in [0, 0.05) is 12.6 Å². The maximum atomic E-state index is 11.5. The molecule has 2 heterocycles. The Morgan fingerprint density at radius 3 is 2.83 bits per heavy atom. The van der Waals surface area contributed by atoms with Gasteiger partial charge in [-0.15, -0.1) is 0 Å². The zero-order chi connectivity index (χ0) is 13.1. The van der Waals surface area contributed by atoms with E-state index in [0.717, 1.165) is 18.9 Å². The molecule has 0 aromatic rings. The number of hydrogen-bond acceptors (Lipinski definition) is 4. The van der Waals surface area contributed by atoms with E-state index in [2.05, 4.69) is 24.1 Å². The van der Waals surface area contributed by atoms with Gasteiger partial charge in [-0.2, -0.15) is 0 Å². The molecule has 0 radical (unpaired) electrons. The molecule has 18 heavy (non-hydrogen) atoms. The molecular weight excluding hydrogens is 228 g/mol. The number of nitrogens with one attached hydrogen (secondary N) is 1. The Hall–Kier alpha value is -0.610. The molecule has 3 unspecified atom stereocenters. The number of ether oxygens (including phenoxy) is 1. The van der Waals surface area contributed by atoms with E-state index in [1.54, 1.807) is 0 Å². The van der Waals surface area contributed by atoms with E-state index in [1.165, 1.54) is 33.0 Å². The Morgan fingerprint density at radius 1 is 1.39 bits per heavy atom. The van der Waals surface area contributed by atoms with Crippen molar-refractivity contribution in [1.82, 2.24) is 10.2 Å². The first-order valence-corrected chi connectivity index (χ1v) is 7.17. The topological polar surface area (TPSA) is 41.6 Å². The molecule has 2 rings (SSSR count). The normalized spacial score (nSPS) is 33.9. The average molecular weight is 254 g/mol. The van der Waals surface area contributed by atoms with Crippen LogP contribution in [0.2, 0.25) is 0 Å². The fourth-order valence-corrected chi connectivity index (χ4v) is 3.34. The SMILES string of the molecule is COC(=O)C1CC(C2CCCN(C(C)C)C2)CN1. The summed E-state index contributed by atoms with van der Waals surface area (Å²) in [6, 6.07) is 0.563. The lowest BCUT2D eigenvalue weighted by molar-refractivity contribution is -0.142. The van der Waals surface area contributed by atoms with Crippen molar-refractivity contribution >= 4 is 5.97 Å². The first kappa shape index (κ1) is 13.8. The van der Waals surface area contributed by atoms with Crippen molar-refractivity contribution in [3.8, 4) is 0 Å². The summed E-state index contributed by atoms with van der Waals surface area (Å²) in [5.41, 5.74) is 0. The number of carbonyl (C=O) groups is 1. The molecule has 2 fully saturated rings. The first-order valence-electron chi connectivity index (χ1n) is 7.17. The number of esters is 1. The zero-order valence-electron chi connectivity index (χ0n) is 11.8. The van der Waals surface area contributed by atoms with Crippen LogP contribution in [0.5, 0.6) is 0 Å². The summed E-state index contributed by atoms with van der Waals surface area (Å²) in [5, 5.41) is 3.31. The fraction of sp³-hybridized carbons (Fsp3) is 0.929. The van der Waals surface area contributed by atoms with Gasteiger partial charge in [0.05, 0.1) is 7.11 Å². The third-order valence-electron chi connectivity index (χ3n) is 4.54. The van der Waals surface area contributed by atoms with Gasteiger partial charge < -0.3 is 15.0 Å². The van der Waals surface area contributed by atoms with Crippen LogP contribution in [0.3, 0.4) is 0 Å². The van der Waals surface area contributed by atoms with Crippen LogP contribution in [0.4, 0.5) is 0 Å². The van der Waals surface area contributed by atoms with Crippen molar-refractivity contribution in [1.29, 1.82) is 0 Å². The lowest BCUT2D eigenvalue weighted by atomic mass is 9.83. The first-order chi connectivity index (χ1) is 8.61. The van der Waals surface area contributed by atoms with Gasteiger partial charge in [-0.1, -0.05) is 0 Å². The molecule has 4 heteroatoms. The third kappa shape index (κ3) is 3.04. The van der Waals surface area contributed by atoms with Crippen LogP contribution < -0.4 is 5.32 Å². The fourth-order valence-electron chi connectivity index (χ4n) is 3.34. The van der Waals surface area contributed by atoms with Gasteiger partial charge in [-0.3, -0.25) is 4.79 Å². The van der Waals surface area contributed by atoms with Crippen LogP contribution in [0, 0.1) is 11.8 Å². The average Bonchev–Trinajstić information content (AvgIpc) is 2.87. The minimum atomic E-state index is -0.103. The predicted octanol–water partition coefficient (Wildman–Crippen LogP) is 1.26. The van der Waals surface area contributed by atoms with Crippen LogP contribution in [-0.4, -0.2) is 49.7 Å². The van der Waals surface area contributed by atoms with E-state index in [0.29, 0.717) is 12.0 Å². The van der Waals surface area contributed by atoms with Crippen molar-refractivity contribution in [2.24, 2.45) is 11.8 Å². The van der Waals surface area contributed by atoms with E-state index >= 15 is 0 Å². The standard InChI is InChI=1S/C14H26N2O2/c1-10(2)16-6-4-5-11(9-16)12-7-13(15-8-12)14(17)18-3/h10-13,15H,4-9H2,1-3H3. The molecular formula is C14H26N2O2. The van der Waals surface area contributed by atoms with Crippen LogP contribution >= 0.6 is 0 Å². The van der Waals surface area contributed by atoms with Gasteiger partial charge >= 0.3 is 5.97 Å². The van der Waals surface area contributed by atoms with Crippen LogP contribution in [0.1, 0.15) is 33.1 Å². The molecule has 0 saturated carbocycles. The second-order valence-electron chi connectivity index (χ2n) is 5.97. The monoisotopic (exact) mass is 254 g/mol. The van der Waals surface area contributed by atoms with Gasteiger partial charge in [0.1, 0.15) is 6.04 Å². The van der Waals surface area contributed by atoms with Crippen LogP contribution in [0.15, 0.2) is 0 Å². The summed E-state index contributed by atoms with van der Waals surface area (Å²) in [6.45, 7) is 7.93. The van der Waals surface area contributed by atoms with Gasteiger partial charge in [0.15, 0.2) is 0 Å². The summed E-state index contributed by atoms with van der Waals surface area (Å²) >= 11 is 0. The van der Waals surface area contributed by atoms with E-state index in [9.17, 15) is 4.79 Å². The van der Waals surface area contributed by atoms with Gasteiger partial charge in [-0.25, -0.2) is 0 Å². The molecule has 2 aliphatic heterocycles. The van der Waals surface area contributed by atoms with E-state index in [4.69, 9.17) is 4.74 Å². The summed E-state index contributed by atoms with van der Waals surface area (Å²) < 4.78 is 4.82. The van der Waals surface area contributed by atoms with Gasteiger partial charge in [0.2, 0.25) is 0 Å². The molecule has 2 aliphatic rings. The smallest absolute Gasteiger partial charge is 0.322 e. The van der Waals surface area contributed by atoms with Crippen molar-refractivity contribution < 1.29 is 9.53 Å². The van der Waals surface area contributed by atoms with Crippen molar-refractivity contribution in [2.45, 2.75) is 45.2 Å². The molecule has 104 valence electrons. The Bertz CT molecular complexity index is 294. The number of likely N-dealkylation sites (tertiary alicyclic amines) is 1. The number of rotatable bonds is 3.